The van der Waals surface area contributed by atoms with E-state index in [4.69, 9.17) is 5.11 Å². The minimum atomic E-state index is -0.957. The maximum atomic E-state index is 10.7. The standard InChI is InChI=1S/C8H11N3O2/c1-5-6(7(12)13)10-8-9-3-2-4-11(5)8/h2-4H2,1H3,(H,9,10)(H,12,13). The number of carbonyl (C=O) groups is 1. The third-order valence-electron chi connectivity index (χ3n) is 2.27. The topological polar surface area (TPSA) is 67.1 Å². The Morgan fingerprint density at radius 3 is 3.08 bits per heavy atom. The van der Waals surface area contributed by atoms with E-state index >= 15 is 0 Å². The zero-order valence-electron chi connectivity index (χ0n) is 7.37. The van der Waals surface area contributed by atoms with Crippen LogP contribution < -0.4 is 5.32 Å². The Kier molecular flexibility index (Phi) is 1.72. The summed E-state index contributed by atoms with van der Waals surface area (Å²) in [6.07, 6.45) is 1.02. The van der Waals surface area contributed by atoms with Crippen molar-refractivity contribution in [3.63, 3.8) is 0 Å². The van der Waals surface area contributed by atoms with Gasteiger partial charge in [-0.3, -0.25) is 0 Å². The molecule has 0 aliphatic carbocycles. The molecule has 0 atom stereocenters. The largest absolute Gasteiger partial charge is 0.476 e. The second kappa shape index (κ2) is 2.76. The molecular formula is C8H11N3O2. The highest BCUT2D eigenvalue weighted by molar-refractivity contribution is 5.87. The molecule has 1 aromatic heterocycles. The van der Waals surface area contributed by atoms with Crippen molar-refractivity contribution >= 4 is 11.9 Å². The monoisotopic (exact) mass is 181 g/mol. The first kappa shape index (κ1) is 8.10. The Morgan fingerprint density at radius 2 is 2.46 bits per heavy atom. The summed E-state index contributed by atoms with van der Waals surface area (Å²) in [5, 5.41) is 11.9. The minimum Gasteiger partial charge on any atom is -0.476 e. The fourth-order valence-corrected chi connectivity index (χ4v) is 1.58. The number of hydrogen-bond acceptors (Lipinski definition) is 3. The summed E-state index contributed by atoms with van der Waals surface area (Å²) < 4.78 is 1.91. The first-order valence-corrected chi connectivity index (χ1v) is 4.24. The van der Waals surface area contributed by atoms with Gasteiger partial charge in [-0.05, 0) is 13.3 Å². The van der Waals surface area contributed by atoms with Crippen LogP contribution in [0.4, 0.5) is 5.95 Å². The van der Waals surface area contributed by atoms with Crippen molar-refractivity contribution in [2.45, 2.75) is 19.9 Å². The average molecular weight is 181 g/mol. The summed E-state index contributed by atoms with van der Waals surface area (Å²) >= 11 is 0. The molecule has 0 unspecified atom stereocenters. The molecule has 70 valence electrons. The van der Waals surface area contributed by atoms with Crippen molar-refractivity contribution in [1.29, 1.82) is 0 Å². The lowest BCUT2D eigenvalue weighted by Crippen LogP contribution is -2.17. The van der Waals surface area contributed by atoms with Crippen LogP contribution in [0.25, 0.3) is 0 Å². The van der Waals surface area contributed by atoms with Gasteiger partial charge < -0.3 is 15.0 Å². The number of rotatable bonds is 1. The van der Waals surface area contributed by atoms with Crippen LogP contribution in [-0.4, -0.2) is 27.2 Å². The van der Waals surface area contributed by atoms with Gasteiger partial charge in [-0.1, -0.05) is 0 Å². The third kappa shape index (κ3) is 1.16. The number of nitrogens with zero attached hydrogens (tertiary/aromatic N) is 2. The average Bonchev–Trinajstić information content (AvgIpc) is 2.45. The smallest absolute Gasteiger partial charge is 0.356 e. The number of imidazole rings is 1. The van der Waals surface area contributed by atoms with E-state index in [0.29, 0.717) is 5.95 Å². The second-order valence-electron chi connectivity index (χ2n) is 3.11. The van der Waals surface area contributed by atoms with Crippen LogP contribution >= 0.6 is 0 Å². The molecule has 0 bridgehead atoms. The molecule has 0 saturated carbocycles. The van der Waals surface area contributed by atoms with Gasteiger partial charge in [-0.2, -0.15) is 0 Å². The number of carboxylic acids is 1. The van der Waals surface area contributed by atoms with E-state index < -0.39 is 5.97 Å². The number of aromatic nitrogens is 2. The molecule has 1 aliphatic rings. The Balaban J connectivity index is 2.50. The maximum absolute atomic E-state index is 10.7. The number of carboxylic acid groups (broad SMARTS) is 1. The Labute approximate surface area is 75.4 Å². The van der Waals surface area contributed by atoms with Gasteiger partial charge in [0.1, 0.15) is 0 Å². The van der Waals surface area contributed by atoms with E-state index in [1.54, 1.807) is 6.92 Å². The SMILES string of the molecule is Cc1c(C(=O)O)nc2n1CCCN2. The van der Waals surface area contributed by atoms with E-state index in [2.05, 4.69) is 10.3 Å². The van der Waals surface area contributed by atoms with Crippen molar-refractivity contribution in [2.24, 2.45) is 0 Å². The van der Waals surface area contributed by atoms with Gasteiger partial charge >= 0.3 is 5.97 Å². The number of anilines is 1. The van der Waals surface area contributed by atoms with E-state index in [9.17, 15) is 4.79 Å². The van der Waals surface area contributed by atoms with Gasteiger partial charge in [-0.15, -0.1) is 0 Å². The van der Waals surface area contributed by atoms with Crippen LogP contribution in [-0.2, 0) is 6.54 Å². The van der Waals surface area contributed by atoms with E-state index in [-0.39, 0.29) is 5.69 Å². The highest BCUT2D eigenvalue weighted by Gasteiger charge is 2.20. The fraction of sp³-hybridized carbons (Fsp3) is 0.500. The summed E-state index contributed by atoms with van der Waals surface area (Å²) in [7, 11) is 0. The summed E-state index contributed by atoms with van der Waals surface area (Å²) in [6.45, 7) is 3.51. The molecule has 1 aliphatic heterocycles. The second-order valence-corrected chi connectivity index (χ2v) is 3.11. The molecule has 1 aromatic rings. The molecular weight excluding hydrogens is 170 g/mol. The molecule has 2 N–H and O–H groups in total. The molecule has 2 heterocycles. The molecule has 0 fully saturated rings. The number of aromatic carboxylic acids is 1. The van der Waals surface area contributed by atoms with Gasteiger partial charge in [0.05, 0.1) is 5.69 Å². The van der Waals surface area contributed by atoms with Gasteiger partial charge in [0.25, 0.3) is 0 Å². The Hall–Kier alpha value is -1.52. The third-order valence-corrected chi connectivity index (χ3v) is 2.27. The van der Waals surface area contributed by atoms with E-state index in [0.717, 1.165) is 25.2 Å². The summed E-state index contributed by atoms with van der Waals surface area (Å²) in [5.74, 6) is -0.276. The fourth-order valence-electron chi connectivity index (χ4n) is 1.58. The predicted molar refractivity (Wildman–Crippen MR) is 47.0 cm³/mol. The van der Waals surface area contributed by atoms with Gasteiger partial charge in [0.2, 0.25) is 5.95 Å². The minimum absolute atomic E-state index is 0.157. The molecule has 0 aromatic carbocycles. The van der Waals surface area contributed by atoms with Gasteiger partial charge in [0, 0.05) is 13.1 Å². The van der Waals surface area contributed by atoms with Crippen LogP contribution in [0.5, 0.6) is 0 Å². The first-order chi connectivity index (χ1) is 6.20. The van der Waals surface area contributed by atoms with E-state index in [1.807, 2.05) is 4.57 Å². The summed E-state index contributed by atoms with van der Waals surface area (Å²) in [4.78, 5) is 14.7. The number of nitrogens with one attached hydrogen (secondary N) is 1. The van der Waals surface area contributed by atoms with Crippen LogP contribution in [0.2, 0.25) is 0 Å². The molecule has 0 saturated heterocycles. The van der Waals surface area contributed by atoms with Crippen LogP contribution in [0.1, 0.15) is 22.6 Å². The molecule has 5 heteroatoms. The normalized spacial score (nSPS) is 14.8. The lowest BCUT2D eigenvalue weighted by Gasteiger charge is -2.16. The zero-order valence-corrected chi connectivity index (χ0v) is 7.37. The van der Waals surface area contributed by atoms with Crippen molar-refractivity contribution in [2.75, 3.05) is 11.9 Å². The maximum Gasteiger partial charge on any atom is 0.356 e. The molecule has 5 nitrogen and oxygen atoms in total. The molecule has 0 spiro atoms. The molecule has 13 heavy (non-hydrogen) atoms. The Bertz CT molecular complexity index is 357. The molecule has 0 radical (unpaired) electrons. The molecule has 0 amide bonds. The van der Waals surface area contributed by atoms with Crippen LogP contribution in [0.3, 0.4) is 0 Å². The predicted octanol–water partition coefficient (Wildman–Crippen LogP) is 0.705. The van der Waals surface area contributed by atoms with Crippen LogP contribution in [0.15, 0.2) is 0 Å². The Morgan fingerprint density at radius 1 is 1.69 bits per heavy atom. The summed E-state index contributed by atoms with van der Waals surface area (Å²) in [5.41, 5.74) is 0.888. The quantitative estimate of drug-likeness (QED) is 0.669. The summed E-state index contributed by atoms with van der Waals surface area (Å²) in [6, 6.07) is 0. The van der Waals surface area contributed by atoms with Gasteiger partial charge in [-0.25, -0.2) is 9.78 Å². The number of hydrogen-bond donors (Lipinski definition) is 2. The zero-order chi connectivity index (χ0) is 9.42. The van der Waals surface area contributed by atoms with Crippen LogP contribution in [0, 0.1) is 6.92 Å². The van der Waals surface area contributed by atoms with E-state index in [1.165, 1.54) is 0 Å². The molecule has 2 rings (SSSR count). The number of fused-ring (bicyclic) bond motifs is 1. The lowest BCUT2D eigenvalue weighted by molar-refractivity contribution is 0.0690. The lowest BCUT2D eigenvalue weighted by atomic mass is 10.3. The van der Waals surface area contributed by atoms with Crippen molar-refractivity contribution in [1.82, 2.24) is 9.55 Å². The highest BCUT2D eigenvalue weighted by atomic mass is 16.4. The van der Waals surface area contributed by atoms with Gasteiger partial charge in [0.15, 0.2) is 5.69 Å². The van der Waals surface area contributed by atoms with Crippen molar-refractivity contribution < 1.29 is 9.90 Å². The first-order valence-electron chi connectivity index (χ1n) is 4.24. The van der Waals surface area contributed by atoms with Crippen molar-refractivity contribution in [3.05, 3.63) is 11.4 Å². The highest BCUT2D eigenvalue weighted by Crippen LogP contribution is 2.18. The van der Waals surface area contributed by atoms with Crippen molar-refractivity contribution in [3.8, 4) is 0 Å².